The molecule has 0 rings (SSSR count). The lowest BCUT2D eigenvalue weighted by Gasteiger charge is -2.11. The van der Waals surface area contributed by atoms with E-state index < -0.39 is 15.1 Å². The van der Waals surface area contributed by atoms with Crippen LogP contribution in [0.5, 0.6) is 0 Å². The first kappa shape index (κ1) is 13.9. The highest BCUT2D eigenvalue weighted by Crippen LogP contribution is 2.60. The molecule has 1 atom stereocenters. The summed E-state index contributed by atoms with van der Waals surface area (Å²) in [6.45, 7) is 6.75. The molecule has 10 heavy (non-hydrogen) atoms. The molecule has 1 unspecified atom stereocenters. The van der Waals surface area contributed by atoms with Gasteiger partial charge in [-0.1, -0.05) is 0 Å². The van der Waals surface area contributed by atoms with E-state index in [4.69, 9.17) is 9.20 Å². The van der Waals surface area contributed by atoms with Crippen molar-refractivity contribution in [1.82, 2.24) is 0 Å². The largest absolute Gasteiger partial charge is 0.358 e. The van der Waals surface area contributed by atoms with E-state index in [1.54, 1.807) is 0 Å². The fourth-order valence-corrected chi connectivity index (χ4v) is 4.09. The molecule has 0 aromatic heterocycles. The molecule has 0 spiro atoms. The zero-order valence-electron chi connectivity index (χ0n) is 6.57. The summed E-state index contributed by atoms with van der Waals surface area (Å²) in [6, 6.07) is 0. The minimum absolute atomic E-state index is 0. The Hall–Kier alpha value is 1.31. The Kier molecular flexibility index (Phi) is 6.05. The van der Waals surface area contributed by atoms with Crippen molar-refractivity contribution in [3.05, 3.63) is 0 Å². The average molecular weight is 299 g/mol. The molecule has 0 amide bonds. The van der Waals surface area contributed by atoms with Gasteiger partial charge < -0.3 is 4.89 Å². The van der Waals surface area contributed by atoms with E-state index in [9.17, 15) is 4.57 Å². The highest BCUT2D eigenvalue weighted by atomic mass is 127. The number of hydrogen-bond donors (Lipinski definition) is 1. The molecule has 0 radical (unpaired) electrons. The maximum atomic E-state index is 10.6. The first-order valence-electron chi connectivity index (χ1n) is 2.54. The second-order valence-electron chi connectivity index (χ2n) is 2.77. The van der Waals surface area contributed by atoms with E-state index in [1.807, 2.05) is 20.0 Å². The third-order valence-electron chi connectivity index (χ3n) is 0.396. The van der Waals surface area contributed by atoms with Gasteiger partial charge in [-0.25, -0.2) is 0 Å². The Morgan fingerprint density at radius 3 is 1.70 bits per heavy atom. The van der Waals surface area contributed by atoms with Crippen LogP contribution in [0.25, 0.3) is 0 Å². The highest BCUT2D eigenvalue weighted by molar-refractivity contribution is 14.0. The third-order valence-corrected chi connectivity index (χ3v) is 3.57. The van der Waals surface area contributed by atoms with Crippen LogP contribution in [-0.4, -0.2) is 31.6 Å². The van der Waals surface area contributed by atoms with Gasteiger partial charge in [-0.15, -0.1) is 24.0 Å². The van der Waals surface area contributed by atoms with Crippen molar-refractivity contribution >= 4 is 39.1 Å². The van der Waals surface area contributed by atoms with Crippen LogP contribution >= 0.6 is 39.1 Å². The molecule has 0 saturated heterocycles. The summed E-state index contributed by atoms with van der Waals surface area (Å²) in [7, 11) is -4.79. The maximum absolute atomic E-state index is 10.6. The Balaban J connectivity index is 0. The molecule has 1 N–H and O–H groups in total. The summed E-state index contributed by atoms with van der Waals surface area (Å²) < 4.78 is 15.4. The van der Waals surface area contributed by atoms with Crippen molar-refractivity contribution in [3.63, 3.8) is 0 Å². The van der Waals surface area contributed by atoms with E-state index in [1.165, 1.54) is 6.66 Å². The molecule has 0 saturated carbocycles. The first-order valence-corrected chi connectivity index (χ1v) is 7.61. The van der Waals surface area contributed by atoms with E-state index in [0.29, 0.717) is 0 Å². The molecule has 3 nitrogen and oxygen atoms in total. The molecular weight excluding hydrogens is 285 g/mol. The van der Waals surface area contributed by atoms with Crippen molar-refractivity contribution in [1.29, 1.82) is 0 Å². The van der Waals surface area contributed by atoms with E-state index >= 15 is 0 Å². The van der Waals surface area contributed by atoms with Gasteiger partial charge in [-0.2, -0.15) is 4.31 Å². The smallest absolute Gasteiger partial charge is 0.322 e. The predicted octanol–water partition coefficient (Wildman–Crippen LogP) is 2.26. The van der Waals surface area contributed by atoms with E-state index in [-0.39, 0.29) is 24.0 Å². The van der Waals surface area contributed by atoms with Crippen molar-refractivity contribution in [2.45, 2.75) is 0 Å². The lowest BCUT2D eigenvalue weighted by atomic mass is 11.9. The molecule has 0 fully saturated rings. The predicted molar refractivity (Wildman–Crippen MR) is 56.9 cm³/mol. The SMILES string of the molecule is CP(=O)(O)O[P+](C)(C)C.I. The molecule has 0 heterocycles. The van der Waals surface area contributed by atoms with Crippen LogP contribution in [0.15, 0.2) is 0 Å². The first-order chi connectivity index (χ1) is 3.71. The Bertz CT molecular complexity index is 136. The van der Waals surface area contributed by atoms with Crippen LogP contribution in [0.3, 0.4) is 0 Å². The van der Waals surface area contributed by atoms with Crippen molar-refractivity contribution in [3.8, 4) is 0 Å². The minimum atomic E-state index is -3.24. The standard InChI is InChI=1S/C4H12O3P2.HI/c1-8(2,3)7-9(4,5)6;/h1-4H3;1H/p+1. The van der Waals surface area contributed by atoms with Gasteiger partial charge in [-0.05, 0) is 0 Å². The van der Waals surface area contributed by atoms with Gasteiger partial charge in [0.1, 0.15) is 7.49 Å². The van der Waals surface area contributed by atoms with Crippen LogP contribution in [0.4, 0.5) is 0 Å². The van der Waals surface area contributed by atoms with Crippen LogP contribution in [0.1, 0.15) is 0 Å². The molecule has 0 aliphatic carbocycles. The summed E-state index contributed by atoms with van der Waals surface area (Å²) in [5.74, 6) is 0. The summed E-state index contributed by atoms with van der Waals surface area (Å²) in [4.78, 5) is 8.71. The van der Waals surface area contributed by atoms with Gasteiger partial charge in [0.05, 0.1) is 20.0 Å². The zero-order valence-corrected chi connectivity index (χ0v) is 10.7. The topological polar surface area (TPSA) is 46.5 Å². The number of hydrogen-bond acceptors (Lipinski definition) is 2. The normalized spacial score (nSPS) is 17.3. The monoisotopic (exact) mass is 299 g/mol. The van der Waals surface area contributed by atoms with Gasteiger partial charge in [0.25, 0.3) is 0 Å². The molecule has 6 heteroatoms. The van der Waals surface area contributed by atoms with Crippen molar-refractivity contribution in [2.24, 2.45) is 0 Å². The fraction of sp³-hybridized carbons (Fsp3) is 1.00. The zero-order chi connectivity index (χ0) is 7.71. The molecule has 64 valence electrons. The quantitative estimate of drug-likeness (QED) is 0.628. The maximum Gasteiger partial charge on any atom is 0.358 e. The van der Waals surface area contributed by atoms with Crippen LogP contribution in [0, 0.1) is 0 Å². The summed E-state index contributed by atoms with van der Waals surface area (Å²) >= 11 is 0. The fourth-order valence-electron chi connectivity index (χ4n) is 0.454. The van der Waals surface area contributed by atoms with Crippen molar-refractivity contribution in [2.75, 3.05) is 26.7 Å². The molecular formula is C4H14IO3P2+. The van der Waals surface area contributed by atoms with Gasteiger partial charge in [0, 0.05) is 6.66 Å². The molecule has 0 bridgehead atoms. The van der Waals surface area contributed by atoms with Gasteiger partial charge in [0.2, 0.25) is 0 Å². The van der Waals surface area contributed by atoms with E-state index in [2.05, 4.69) is 0 Å². The van der Waals surface area contributed by atoms with Crippen LogP contribution < -0.4 is 0 Å². The Morgan fingerprint density at radius 1 is 1.40 bits per heavy atom. The Morgan fingerprint density at radius 2 is 1.70 bits per heavy atom. The summed E-state index contributed by atoms with van der Waals surface area (Å²) in [6.07, 6.45) is 0. The van der Waals surface area contributed by atoms with Gasteiger partial charge >= 0.3 is 7.60 Å². The summed E-state index contributed by atoms with van der Waals surface area (Å²) in [5.41, 5.74) is 0. The lowest BCUT2D eigenvalue weighted by Crippen LogP contribution is -1.89. The number of halogens is 1. The molecule has 0 aromatic carbocycles. The van der Waals surface area contributed by atoms with Crippen LogP contribution in [-0.2, 0) is 8.88 Å². The second-order valence-corrected chi connectivity index (χ2v) is 8.81. The average Bonchev–Trinajstić information content (AvgIpc) is 1.14. The van der Waals surface area contributed by atoms with Crippen molar-refractivity contribution < 1.29 is 13.8 Å². The highest BCUT2D eigenvalue weighted by Gasteiger charge is 2.28. The Labute approximate surface area is 79.5 Å². The van der Waals surface area contributed by atoms with Gasteiger partial charge in [0.15, 0.2) is 0 Å². The lowest BCUT2D eigenvalue weighted by molar-refractivity contribution is 0.400. The van der Waals surface area contributed by atoms with Crippen LogP contribution in [0.2, 0.25) is 0 Å². The second kappa shape index (κ2) is 4.36. The molecule has 0 aliphatic rings. The minimum Gasteiger partial charge on any atom is -0.322 e. The molecule has 0 aromatic rings. The summed E-state index contributed by atoms with van der Waals surface area (Å²) in [5, 5.41) is 0. The third kappa shape index (κ3) is 12.0. The van der Waals surface area contributed by atoms with Gasteiger partial charge in [-0.3, -0.25) is 4.57 Å². The number of rotatable bonds is 2. The molecule has 0 aliphatic heterocycles. The van der Waals surface area contributed by atoms with E-state index in [0.717, 1.165) is 0 Å².